The van der Waals surface area contributed by atoms with Crippen LogP contribution in [0.15, 0.2) is 42.5 Å². The predicted molar refractivity (Wildman–Crippen MR) is 105 cm³/mol. The molecule has 1 fully saturated rings. The van der Waals surface area contributed by atoms with Crippen LogP contribution >= 0.6 is 0 Å². The van der Waals surface area contributed by atoms with Crippen molar-refractivity contribution >= 4 is 22.6 Å². The molecular formula is C22H27NO4. The molecule has 0 saturated carbocycles. The zero-order valence-corrected chi connectivity index (χ0v) is 16.2. The third-order valence-electron chi connectivity index (χ3n) is 5.20. The van der Waals surface area contributed by atoms with Gasteiger partial charge < -0.3 is 14.4 Å². The Hall–Kier alpha value is -2.56. The van der Waals surface area contributed by atoms with Crippen molar-refractivity contribution in [3.8, 4) is 5.75 Å². The lowest BCUT2D eigenvalue weighted by Gasteiger charge is -2.40. The number of esters is 1. The van der Waals surface area contributed by atoms with Crippen molar-refractivity contribution in [2.45, 2.75) is 58.2 Å². The smallest absolute Gasteiger partial charge is 0.344 e. The highest BCUT2D eigenvalue weighted by atomic mass is 16.6. The summed E-state index contributed by atoms with van der Waals surface area (Å²) in [6.07, 6.45) is 2.29. The molecule has 1 aliphatic heterocycles. The lowest BCUT2D eigenvalue weighted by molar-refractivity contribution is -0.163. The van der Waals surface area contributed by atoms with Crippen molar-refractivity contribution in [1.82, 2.24) is 4.90 Å². The fourth-order valence-electron chi connectivity index (χ4n) is 3.81. The molecule has 144 valence electrons. The van der Waals surface area contributed by atoms with Gasteiger partial charge in [0.15, 0.2) is 12.7 Å². The van der Waals surface area contributed by atoms with Gasteiger partial charge in [0.25, 0.3) is 5.91 Å². The standard InChI is InChI=1S/C22H27NO4/c1-15-8-6-9-16(2)23(15)22(25)17(3)27-21(24)14-26-20-13-7-11-18-10-4-5-12-19(18)20/h4-5,7,10-13,15-17H,6,8-9,14H2,1-3H3/t15-,16+,17-/m1/s1. The highest BCUT2D eigenvalue weighted by molar-refractivity contribution is 5.88. The number of carbonyl (C=O) groups is 2. The first kappa shape index (κ1) is 19.2. The molecule has 0 unspecified atom stereocenters. The first-order valence-electron chi connectivity index (χ1n) is 9.59. The zero-order chi connectivity index (χ0) is 19.4. The van der Waals surface area contributed by atoms with Gasteiger partial charge in [0, 0.05) is 17.5 Å². The van der Waals surface area contributed by atoms with Crippen molar-refractivity contribution in [3.63, 3.8) is 0 Å². The van der Waals surface area contributed by atoms with E-state index < -0.39 is 12.1 Å². The highest BCUT2D eigenvalue weighted by Gasteiger charge is 2.33. The molecule has 5 nitrogen and oxygen atoms in total. The van der Waals surface area contributed by atoms with Gasteiger partial charge in [0.05, 0.1) is 0 Å². The second-order valence-corrected chi connectivity index (χ2v) is 7.27. The summed E-state index contributed by atoms with van der Waals surface area (Å²) in [5.74, 6) is -0.0448. The fraction of sp³-hybridized carbons (Fsp3) is 0.455. The monoisotopic (exact) mass is 369 g/mol. The molecule has 1 saturated heterocycles. The van der Waals surface area contributed by atoms with E-state index in [0.717, 1.165) is 30.0 Å². The largest absolute Gasteiger partial charge is 0.481 e. The summed E-state index contributed by atoms with van der Waals surface area (Å²) in [4.78, 5) is 26.8. The van der Waals surface area contributed by atoms with Crippen molar-refractivity contribution in [3.05, 3.63) is 42.5 Å². The summed E-state index contributed by atoms with van der Waals surface area (Å²) < 4.78 is 11.0. The fourth-order valence-corrected chi connectivity index (χ4v) is 3.81. The Labute approximate surface area is 160 Å². The molecule has 2 aromatic carbocycles. The lowest BCUT2D eigenvalue weighted by Crippen LogP contribution is -2.51. The number of hydrogen-bond acceptors (Lipinski definition) is 4. The number of carbonyl (C=O) groups excluding carboxylic acids is 2. The number of rotatable bonds is 5. The molecule has 0 radical (unpaired) electrons. The highest BCUT2D eigenvalue weighted by Crippen LogP contribution is 2.26. The Kier molecular flexibility index (Phi) is 5.99. The Morgan fingerprint density at radius 3 is 2.48 bits per heavy atom. The van der Waals surface area contributed by atoms with E-state index in [2.05, 4.69) is 0 Å². The number of hydrogen-bond donors (Lipinski definition) is 0. The van der Waals surface area contributed by atoms with Crippen LogP contribution in [0.4, 0.5) is 0 Å². The van der Waals surface area contributed by atoms with Crippen molar-refractivity contribution in [2.24, 2.45) is 0 Å². The number of likely N-dealkylation sites (tertiary alicyclic amines) is 1. The molecule has 0 aliphatic carbocycles. The number of piperidine rings is 1. The van der Waals surface area contributed by atoms with Crippen LogP contribution < -0.4 is 4.74 Å². The summed E-state index contributed by atoms with van der Waals surface area (Å²) in [6.45, 7) is 5.50. The molecular weight excluding hydrogens is 342 g/mol. The quantitative estimate of drug-likeness (QED) is 0.749. The van der Waals surface area contributed by atoms with Crippen LogP contribution in [0.3, 0.4) is 0 Å². The van der Waals surface area contributed by atoms with E-state index >= 15 is 0 Å². The summed E-state index contributed by atoms with van der Waals surface area (Å²) in [7, 11) is 0. The Balaban J connectivity index is 1.57. The first-order valence-corrected chi connectivity index (χ1v) is 9.59. The number of amides is 1. The second kappa shape index (κ2) is 8.42. The van der Waals surface area contributed by atoms with Crippen LogP contribution in [0.1, 0.15) is 40.0 Å². The summed E-state index contributed by atoms with van der Waals surface area (Å²) in [5, 5.41) is 1.98. The minimum atomic E-state index is -0.809. The van der Waals surface area contributed by atoms with Gasteiger partial charge in [-0.1, -0.05) is 36.4 Å². The maximum absolute atomic E-state index is 12.7. The lowest BCUT2D eigenvalue weighted by atomic mass is 9.97. The average Bonchev–Trinajstić information content (AvgIpc) is 2.66. The van der Waals surface area contributed by atoms with Gasteiger partial charge in [-0.2, -0.15) is 0 Å². The number of nitrogens with zero attached hydrogens (tertiary/aromatic N) is 1. The summed E-state index contributed by atoms with van der Waals surface area (Å²) >= 11 is 0. The van der Waals surface area contributed by atoms with Crippen LogP contribution in [0.2, 0.25) is 0 Å². The molecule has 1 amide bonds. The molecule has 0 aromatic heterocycles. The van der Waals surface area contributed by atoms with Gasteiger partial charge in [-0.15, -0.1) is 0 Å². The second-order valence-electron chi connectivity index (χ2n) is 7.27. The van der Waals surface area contributed by atoms with Crippen molar-refractivity contribution in [2.75, 3.05) is 6.61 Å². The zero-order valence-electron chi connectivity index (χ0n) is 16.2. The third kappa shape index (κ3) is 4.41. The average molecular weight is 369 g/mol. The van der Waals surface area contributed by atoms with E-state index in [1.807, 2.05) is 61.2 Å². The van der Waals surface area contributed by atoms with E-state index in [4.69, 9.17) is 9.47 Å². The van der Waals surface area contributed by atoms with Crippen molar-refractivity contribution < 1.29 is 19.1 Å². The Morgan fingerprint density at radius 2 is 1.74 bits per heavy atom. The molecule has 0 bridgehead atoms. The Morgan fingerprint density at radius 1 is 1.07 bits per heavy atom. The van der Waals surface area contributed by atoms with Gasteiger partial charge in [-0.05, 0) is 51.5 Å². The molecule has 5 heteroatoms. The van der Waals surface area contributed by atoms with Gasteiger partial charge in [0.2, 0.25) is 0 Å². The molecule has 0 N–H and O–H groups in total. The summed E-state index contributed by atoms with van der Waals surface area (Å²) in [5.41, 5.74) is 0. The minimum absolute atomic E-state index is 0.131. The van der Waals surface area contributed by atoms with Crippen LogP contribution in [0.5, 0.6) is 5.75 Å². The first-order chi connectivity index (χ1) is 13.0. The van der Waals surface area contributed by atoms with Gasteiger partial charge in [0.1, 0.15) is 5.75 Å². The van der Waals surface area contributed by atoms with Crippen molar-refractivity contribution in [1.29, 1.82) is 0 Å². The maximum atomic E-state index is 12.7. The van der Waals surface area contributed by atoms with Crippen LogP contribution in [0.25, 0.3) is 10.8 Å². The van der Waals surface area contributed by atoms with E-state index in [9.17, 15) is 9.59 Å². The van der Waals surface area contributed by atoms with Crippen LogP contribution in [-0.2, 0) is 14.3 Å². The third-order valence-corrected chi connectivity index (χ3v) is 5.20. The van der Waals surface area contributed by atoms with Gasteiger partial charge in [-0.3, -0.25) is 4.79 Å². The molecule has 0 spiro atoms. The SMILES string of the molecule is C[C@@H]1CCC[C@H](C)N1C(=O)[C@@H](C)OC(=O)COc1cccc2ccccc12. The topological polar surface area (TPSA) is 55.8 Å². The number of benzene rings is 2. The molecule has 1 aliphatic rings. The van der Waals surface area contributed by atoms with Crippen LogP contribution in [0, 0.1) is 0 Å². The Bertz CT molecular complexity index is 804. The minimum Gasteiger partial charge on any atom is -0.481 e. The van der Waals surface area contributed by atoms with Gasteiger partial charge in [-0.25, -0.2) is 4.79 Å². The molecule has 1 heterocycles. The predicted octanol–water partition coefficient (Wildman–Crippen LogP) is 3.94. The molecule has 3 atom stereocenters. The van der Waals surface area contributed by atoms with Gasteiger partial charge >= 0.3 is 5.97 Å². The molecule has 2 aromatic rings. The van der Waals surface area contributed by atoms with Crippen LogP contribution in [-0.4, -0.2) is 41.6 Å². The van der Waals surface area contributed by atoms with E-state index in [-0.39, 0.29) is 24.6 Å². The maximum Gasteiger partial charge on any atom is 0.344 e. The summed E-state index contributed by atoms with van der Waals surface area (Å²) in [6, 6.07) is 13.9. The number of fused-ring (bicyclic) bond motifs is 1. The van der Waals surface area contributed by atoms with E-state index in [1.54, 1.807) is 6.92 Å². The van der Waals surface area contributed by atoms with E-state index in [0.29, 0.717) is 5.75 Å². The van der Waals surface area contributed by atoms with E-state index in [1.165, 1.54) is 0 Å². The number of ether oxygens (including phenoxy) is 2. The molecule has 27 heavy (non-hydrogen) atoms. The normalized spacial score (nSPS) is 20.9. The molecule has 3 rings (SSSR count).